The Morgan fingerprint density at radius 1 is 1.05 bits per heavy atom. The second kappa shape index (κ2) is 12.3. The van der Waals surface area contributed by atoms with Gasteiger partial charge in [-0.2, -0.15) is 0 Å². The van der Waals surface area contributed by atoms with Crippen molar-refractivity contribution < 1.29 is 19.3 Å². The topological polar surface area (TPSA) is 135 Å². The third kappa shape index (κ3) is 6.73. The zero-order valence-electron chi connectivity index (χ0n) is 21.2. The molecule has 0 radical (unpaired) electrons. The van der Waals surface area contributed by atoms with Crippen molar-refractivity contribution in [2.24, 2.45) is 0 Å². The fourth-order valence-electron chi connectivity index (χ4n) is 3.94. The number of nitrogens with zero attached hydrogens (tertiary/aromatic N) is 5. The SMILES string of the molecule is COc1cc([C@@H](C[N+](=O)[O-])Sc2nnc(C)n2-c2cccc(C)c2)cc(Br)c1OCc1cccc([N+](=O)[O-])c1. The van der Waals surface area contributed by atoms with Gasteiger partial charge in [0.1, 0.15) is 17.7 Å². The lowest BCUT2D eigenvalue weighted by molar-refractivity contribution is -0.479. The minimum Gasteiger partial charge on any atom is -0.493 e. The third-order valence-corrected chi connectivity index (χ3v) is 7.52. The highest BCUT2D eigenvalue weighted by Gasteiger charge is 2.26. The third-order valence-electron chi connectivity index (χ3n) is 5.75. The molecular weight excluding hydrogens is 590 g/mol. The van der Waals surface area contributed by atoms with E-state index in [0.717, 1.165) is 11.3 Å². The number of thioether (sulfide) groups is 1. The number of aromatic nitrogens is 3. The van der Waals surface area contributed by atoms with Crippen LogP contribution < -0.4 is 9.47 Å². The minimum absolute atomic E-state index is 0.0362. The van der Waals surface area contributed by atoms with Crippen LogP contribution in [0.4, 0.5) is 5.69 Å². The number of nitro groups is 2. The number of non-ortho nitro benzene ring substituents is 1. The second-order valence-electron chi connectivity index (χ2n) is 8.58. The maximum atomic E-state index is 11.7. The van der Waals surface area contributed by atoms with Gasteiger partial charge in [0.05, 0.1) is 16.5 Å². The summed E-state index contributed by atoms with van der Waals surface area (Å²) in [4.78, 5) is 21.9. The minimum atomic E-state index is -0.622. The van der Waals surface area contributed by atoms with E-state index >= 15 is 0 Å². The number of halogens is 1. The van der Waals surface area contributed by atoms with Gasteiger partial charge >= 0.3 is 0 Å². The van der Waals surface area contributed by atoms with Crippen LogP contribution >= 0.6 is 27.7 Å². The predicted octanol–water partition coefficient (Wildman–Crippen LogP) is 6.25. The summed E-state index contributed by atoms with van der Waals surface area (Å²) in [7, 11) is 1.47. The van der Waals surface area contributed by atoms with E-state index in [1.165, 1.54) is 31.0 Å². The highest BCUT2D eigenvalue weighted by Crippen LogP contribution is 2.43. The molecule has 0 unspecified atom stereocenters. The number of ether oxygens (including phenoxy) is 2. The average molecular weight is 614 g/mol. The molecule has 0 spiro atoms. The second-order valence-corrected chi connectivity index (χ2v) is 10.6. The van der Waals surface area contributed by atoms with Gasteiger partial charge in [0.2, 0.25) is 6.54 Å². The summed E-state index contributed by atoms with van der Waals surface area (Å²) in [5.74, 6) is 1.39. The molecule has 0 saturated carbocycles. The molecule has 0 N–H and O–H groups in total. The molecule has 0 aliphatic rings. The summed E-state index contributed by atoms with van der Waals surface area (Å²) in [6.45, 7) is 3.50. The monoisotopic (exact) mass is 613 g/mol. The number of nitro benzene ring substituents is 1. The number of methoxy groups -OCH3 is 1. The van der Waals surface area contributed by atoms with Gasteiger partial charge in [-0.3, -0.25) is 24.8 Å². The van der Waals surface area contributed by atoms with Crippen molar-refractivity contribution in [1.29, 1.82) is 0 Å². The molecule has 0 fully saturated rings. The van der Waals surface area contributed by atoms with Gasteiger partial charge in [0.15, 0.2) is 16.7 Å². The van der Waals surface area contributed by atoms with E-state index in [1.807, 2.05) is 42.7 Å². The number of hydrogen-bond donors (Lipinski definition) is 0. The summed E-state index contributed by atoms with van der Waals surface area (Å²) in [6.07, 6.45) is 0. The van der Waals surface area contributed by atoms with Gasteiger partial charge in [0, 0.05) is 22.7 Å². The molecule has 0 amide bonds. The van der Waals surface area contributed by atoms with E-state index < -0.39 is 10.2 Å². The van der Waals surface area contributed by atoms with E-state index in [-0.39, 0.29) is 23.8 Å². The van der Waals surface area contributed by atoms with Crippen LogP contribution in [0, 0.1) is 34.1 Å². The van der Waals surface area contributed by atoms with Crippen LogP contribution in [0.1, 0.15) is 27.8 Å². The number of benzene rings is 3. The van der Waals surface area contributed by atoms with Gasteiger partial charge in [-0.1, -0.05) is 36.0 Å². The van der Waals surface area contributed by atoms with Crippen molar-refractivity contribution in [1.82, 2.24) is 14.8 Å². The normalized spacial score (nSPS) is 11.7. The smallest absolute Gasteiger partial charge is 0.269 e. The molecule has 4 aromatic rings. The molecule has 0 aliphatic carbocycles. The molecule has 3 aromatic carbocycles. The Morgan fingerprint density at radius 2 is 1.82 bits per heavy atom. The number of hydrogen-bond acceptors (Lipinski definition) is 9. The Kier molecular flexibility index (Phi) is 8.82. The van der Waals surface area contributed by atoms with Crippen LogP contribution in [0.5, 0.6) is 11.5 Å². The standard InChI is InChI=1S/C26H24BrN5O6S/c1-16-6-4-8-20(10-16)31-17(2)28-29-26(31)39-24(14-30(33)34)19-12-22(27)25(23(13-19)37-3)38-15-18-7-5-9-21(11-18)32(35)36/h4-13,24H,14-15H2,1-3H3/t24-/m1/s1. The first kappa shape index (κ1) is 28.0. The van der Waals surface area contributed by atoms with Crippen molar-refractivity contribution in [2.45, 2.75) is 30.9 Å². The van der Waals surface area contributed by atoms with Crippen LogP contribution in [0.2, 0.25) is 0 Å². The molecule has 13 heteroatoms. The highest BCUT2D eigenvalue weighted by molar-refractivity contribution is 9.10. The quantitative estimate of drug-likeness (QED) is 0.109. The van der Waals surface area contributed by atoms with Crippen LogP contribution in [-0.4, -0.2) is 38.3 Å². The number of aryl methyl sites for hydroxylation is 2. The van der Waals surface area contributed by atoms with E-state index in [1.54, 1.807) is 24.3 Å². The van der Waals surface area contributed by atoms with E-state index in [2.05, 4.69) is 26.1 Å². The van der Waals surface area contributed by atoms with Gasteiger partial charge < -0.3 is 9.47 Å². The van der Waals surface area contributed by atoms with Crippen LogP contribution in [0.25, 0.3) is 5.69 Å². The fourth-order valence-corrected chi connectivity index (χ4v) is 5.67. The summed E-state index contributed by atoms with van der Waals surface area (Å²) in [6, 6.07) is 17.4. The summed E-state index contributed by atoms with van der Waals surface area (Å²) in [5, 5.41) is 31.1. The van der Waals surface area contributed by atoms with Gasteiger partial charge in [-0.05, 0) is 70.7 Å². The Hall–Kier alpha value is -3.97. The molecule has 202 valence electrons. The fraction of sp³-hybridized carbons (Fsp3) is 0.231. The number of rotatable bonds is 11. The Balaban J connectivity index is 1.64. The molecule has 4 rings (SSSR count). The molecule has 39 heavy (non-hydrogen) atoms. The molecule has 11 nitrogen and oxygen atoms in total. The molecule has 0 aliphatic heterocycles. The first-order valence-corrected chi connectivity index (χ1v) is 13.3. The predicted molar refractivity (Wildman–Crippen MR) is 149 cm³/mol. The maximum Gasteiger partial charge on any atom is 0.269 e. The van der Waals surface area contributed by atoms with Crippen LogP contribution in [-0.2, 0) is 6.61 Å². The van der Waals surface area contributed by atoms with E-state index in [0.29, 0.717) is 38.1 Å². The molecule has 1 heterocycles. The zero-order valence-corrected chi connectivity index (χ0v) is 23.6. The first-order chi connectivity index (χ1) is 18.7. The molecule has 0 bridgehead atoms. The largest absolute Gasteiger partial charge is 0.493 e. The summed E-state index contributed by atoms with van der Waals surface area (Å²) < 4.78 is 13.9. The Bertz CT molecular complexity index is 1530. The summed E-state index contributed by atoms with van der Waals surface area (Å²) >= 11 is 4.74. The Labute approximate surface area is 236 Å². The highest BCUT2D eigenvalue weighted by atomic mass is 79.9. The van der Waals surface area contributed by atoms with E-state index in [9.17, 15) is 20.2 Å². The van der Waals surface area contributed by atoms with Crippen molar-refractivity contribution >= 4 is 33.4 Å². The van der Waals surface area contributed by atoms with Crippen molar-refractivity contribution in [3.05, 3.63) is 108 Å². The lowest BCUT2D eigenvalue weighted by atomic mass is 10.1. The average Bonchev–Trinajstić information content (AvgIpc) is 3.26. The van der Waals surface area contributed by atoms with Gasteiger partial charge in [-0.25, -0.2) is 0 Å². The van der Waals surface area contributed by atoms with Crippen LogP contribution in [0.15, 0.2) is 70.3 Å². The lowest BCUT2D eigenvalue weighted by Crippen LogP contribution is -2.12. The lowest BCUT2D eigenvalue weighted by Gasteiger charge is -2.18. The van der Waals surface area contributed by atoms with Crippen molar-refractivity contribution in [3.8, 4) is 17.2 Å². The van der Waals surface area contributed by atoms with Crippen molar-refractivity contribution in [2.75, 3.05) is 13.7 Å². The summed E-state index contributed by atoms with van der Waals surface area (Å²) in [5.41, 5.74) is 3.12. The first-order valence-electron chi connectivity index (χ1n) is 11.7. The van der Waals surface area contributed by atoms with Gasteiger partial charge in [0.25, 0.3) is 5.69 Å². The zero-order chi connectivity index (χ0) is 28.1. The van der Waals surface area contributed by atoms with Crippen molar-refractivity contribution in [3.63, 3.8) is 0 Å². The molecular formula is C26H24BrN5O6S. The molecule has 0 saturated heterocycles. The van der Waals surface area contributed by atoms with E-state index in [4.69, 9.17) is 9.47 Å². The molecule has 1 atom stereocenters. The maximum absolute atomic E-state index is 11.7. The van der Waals surface area contributed by atoms with Gasteiger partial charge in [-0.15, -0.1) is 10.2 Å². The Morgan fingerprint density at radius 3 is 2.51 bits per heavy atom. The molecule has 1 aromatic heterocycles. The van der Waals surface area contributed by atoms with Crippen LogP contribution in [0.3, 0.4) is 0 Å².